The topological polar surface area (TPSA) is 46.3 Å². The number of carbonyl (C=O) groups is 1. The van der Waals surface area contributed by atoms with Crippen LogP contribution in [0.4, 0.5) is 4.39 Å². The molecule has 1 unspecified atom stereocenters. The molecule has 0 aliphatic carbocycles. The predicted molar refractivity (Wildman–Crippen MR) is 78.0 cm³/mol. The quantitative estimate of drug-likeness (QED) is 0.905. The molecule has 0 saturated heterocycles. The van der Waals surface area contributed by atoms with E-state index in [-0.39, 0.29) is 29.9 Å². The molecule has 5 heteroatoms. The van der Waals surface area contributed by atoms with Crippen LogP contribution in [0, 0.1) is 11.7 Å². The monoisotopic (exact) mass is 288 g/mol. The van der Waals surface area contributed by atoms with Crippen molar-refractivity contribution in [2.24, 2.45) is 11.7 Å². The fourth-order valence-electron chi connectivity index (χ4n) is 1.62. The van der Waals surface area contributed by atoms with Gasteiger partial charge in [-0.25, -0.2) is 4.39 Å². The molecule has 2 N–H and O–H groups in total. The van der Waals surface area contributed by atoms with Crippen LogP contribution in [0.5, 0.6) is 0 Å². The Balaban J connectivity index is 0.00000324. The van der Waals surface area contributed by atoms with E-state index in [1.807, 2.05) is 13.8 Å². The largest absolute Gasteiger partial charge is 0.342 e. The second-order valence-corrected chi connectivity index (χ2v) is 4.90. The van der Waals surface area contributed by atoms with Crippen molar-refractivity contribution in [1.82, 2.24) is 4.90 Å². The van der Waals surface area contributed by atoms with Crippen molar-refractivity contribution < 1.29 is 9.18 Å². The zero-order valence-electron chi connectivity index (χ0n) is 11.6. The molecule has 108 valence electrons. The van der Waals surface area contributed by atoms with Gasteiger partial charge >= 0.3 is 0 Å². The summed E-state index contributed by atoms with van der Waals surface area (Å²) in [5.74, 6) is -0.409. The summed E-state index contributed by atoms with van der Waals surface area (Å²) in [6, 6.07) is 6.07. The highest BCUT2D eigenvalue weighted by molar-refractivity contribution is 5.94. The lowest BCUT2D eigenvalue weighted by Gasteiger charge is -2.21. The van der Waals surface area contributed by atoms with Crippen LogP contribution in [0.1, 0.15) is 30.6 Å². The average molecular weight is 289 g/mol. The second-order valence-electron chi connectivity index (χ2n) is 4.90. The van der Waals surface area contributed by atoms with E-state index in [0.717, 1.165) is 0 Å². The number of nitrogens with two attached hydrogens (primary N) is 1. The van der Waals surface area contributed by atoms with Crippen LogP contribution in [-0.4, -0.2) is 30.4 Å². The van der Waals surface area contributed by atoms with Gasteiger partial charge in [0.05, 0.1) is 5.56 Å². The minimum absolute atomic E-state index is 0. The van der Waals surface area contributed by atoms with Crippen molar-refractivity contribution in [2.75, 3.05) is 13.6 Å². The van der Waals surface area contributed by atoms with Crippen molar-refractivity contribution in [2.45, 2.75) is 26.3 Å². The van der Waals surface area contributed by atoms with Crippen molar-refractivity contribution in [3.05, 3.63) is 35.6 Å². The zero-order valence-corrected chi connectivity index (χ0v) is 12.4. The number of rotatable bonds is 5. The van der Waals surface area contributed by atoms with Gasteiger partial charge in [0, 0.05) is 19.6 Å². The van der Waals surface area contributed by atoms with Crippen molar-refractivity contribution in [3.63, 3.8) is 0 Å². The summed E-state index contributed by atoms with van der Waals surface area (Å²) >= 11 is 0. The summed E-state index contributed by atoms with van der Waals surface area (Å²) in [6.07, 6.45) is 0.717. The summed E-state index contributed by atoms with van der Waals surface area (Å²) in [5.41, 5.74) is 6.03. The van der Waals surface area contributed by atoms with Gasteiger partial charge in [0.1, 0.15) is 5.82 Å². The molecule has 3 nitrogen and oxygen atoms in total. The van der Waals surface area contributed by atoms with E-state index in [9.17, 15) is 9.18 Å². The number of halogens is 2. The van der Waals surface area contributed by atoms with E-state index in [1.54, 1.807) is 19.2 Å². The van der Waals surface area contributed by atoms with E-state index in [2.05, 4.69) is 0 Å². The van der Waals surface area contributed by atoms with Crippen LogP contribution in [-0.2, 0) is 0 Å². The maximum Gasteiger partial charge on any atom is 0.256 e. The van der Waals surface area contributed by atoms with Crippen molar-refractivity contribution >= 4 is 18.3 Å². The zero-order chi connectivity index (χ0) is 13.7. The molecule has 0 spiro atoms. The van der Waals surface area contributed by atoms with Crippen molar-refractivity contribution in [3.8, 4) is 0 Å². The minimum Gasteiger partial charge on any atom is -0.342 e. The highest BCUT2D eigenvalue weighted by Gasteiger charge is 2.16. The Morgan fingerprint density at radius 1 is 1.37 bits per heavy atom. The number of hydrogen-bond donors (Lipinski definition) is 1. The smallest absolute Gasteiger partial charge is 0.256 e. The number of amides is 1. The van der Waals surface area contributed by atoms with Gasteiger partial charge in [-0.1, -0.05) is 26.0 Å². The number of nitrogens with zero attached hydrogens (tertiary/aromatic N) is 1. The average Bonchev–Trinajstić information content (AvgIpc) is 2.35. The van der Waals surface area contributed by atoms with Crippen molar-refractivity contribution in [1.29, 1.82) is 0 Å². The molecule has 1 aromatic carbocycles. The van der Waals surface area contributed by atoms with Crippen LogP contribution in [0.3, 0.4) is 0 Å². The van der Waals surface area contributed by atoms with Gasteiger partial charge < -0.3 is 10.6 Å². The Morgan fingerprint density at radius 3 is 2.47 bits per heavy atom. The van der Waals surface area contributed by atoms with Crippen LogP contribution in [0.2, 0.25) is 0 Å². The van der Waals surface area contributed by atoms with Crippen LogP contribution in [0.25, 0.3) is 0 Å². The summed E-state index contributed by atoms with van der Waals surface area (Å²) in [5, 5.41) is 0. The second kappa shape index (κ2) is 8.12. The van der Waals surface area contributed by atoms with Gasteiger partial charge in [0.2, 0.25) is 0 Å². The normalized spacial score (nSPS) is 11.9. The molecule has 0 aliphatic rings. The summed E-state index contributed by atoms with van der Waals surface area (Å²) in [4.78, 5) is 13.5. The first-order chi connectivity index (χ1) is 8.43. The first-order valence-electron chi connectivity index (χ1n) is 6.19. The standard InChI is InChI=1S/C14H21FN2O.ClH/c1-10(2)13(16)8-9-17(3)14(18)11-6-4-5-7-12(11)15;/h4-7,10,13H,8-9,16H2,1-3H3;1H. The third kappa shape index (κ3) is 5.17. The van der Waals surface area contributed by atoms with Gasteiger partial charge in [-0.3, -0.25) is 4.79 Å². The molecular weight excluding hydrogens is 267 g/mol. The van der Waals surface area contributed by atoms with Gasteiger partial charge in [-0.2, -0.15) is 0 Å². The fraction of sp³-hybridized carbons (Fsp3) is 0.500. The molecule has 0 saturated carbocycles. The maximum atomic E-state index is 13.5. The Kier molecular flexibility index (Phi) is 7.64. The van der Waals surface area contributed by atoms with E-state index >= 15 is 0 Å². The third-order valence-corrected chi connectivity index (χ3v) is 3.11. The number of hydrogen-bond acceptors (Lipinski definition) is 2. The minimum atomic E-state index is -0.484. The lowest BCUT2D eigenvalue weighted by atomic mass is 10.0. The third-order valence-electron chi connectivity index (χ3n) is 3.11. The molecule has 0 fully saturated rings. The molecule has 0 heterocycles. The summed E-state index contributed by atoms with van der Waals surface area (Å²) < 4.78 is 13.5. The van der Waals surface area contributed by atoms with Gasteiger partial charge in [0.15, 0.2) is 0 Å². The Hall–Kier alpha value is -1.13. The van der Waals surface area contributed by atoms with Crippen LogP contribution < -0.4 is 5.73 Å². The first kappa shape index (κ1) is 17.9. The van der Waals surface area contributed by atoms with E-state index < -0.39 is 5.82 Å². The Bertz CT molecular complexity index is 412. The molecule has 1 amide bonds. The predicted octanol–water partition coefficient (Wildman–Crippen LogP) is 2.69. The van der Waals surface area contributed by atoms with Crippen LogP contribution >= 0.6 is 12.4 Å². The molecule has 19 heavy (non-hydrogen) atoms. The highest BCUT2D eigenvalue weighted by Crippen LogP contribution is 2.10. The van der Waals surface area contributed by atoms with E-state index in [1.165, 1.54) is 17.0 Å². The van der Waals surface area contributed by atoms with Gasteiger partial charge in [-0.05, 0) is 24.5 Å². The summed E-state index contributed by atoms with van der Waals surface area (Å²) in [6.45, 7) is 4.62. The van der Waals surface area contributed by atoms with Crippen LogP contribution in [0.15, 0.2) is 24.3 Å². The molecule has 0 bridgehead atoms. The lowest BCUT2D eigenvalue weighted by molar-refractivity contribution is 0.0784. The van der Waals surface area contributed by atoms with Gasteiger partial charge in [0.25, 0.3) is 5.91 Å². The van der Waals surface area contributed by atoms with E-state index in [4.69, 9.17) is 5.73 Å². The molecule has 0 aliphatic heterocycles. The molecule has 0 aromatic heterocycles. The van der Waals surface area contributed by atoms with E-state index in [0.29, 0.717) is 18.9 Å². The lowest BCUT2D eigenvalue weighted by Crippen LogP contribution is -2.35. The Morgan fingerprint density at radius 2 is 1.95 bits per heavy atom. The maximum absolute atomic E-state index is 13.5. The molecule has 0 radical (unpaired) electrons. The molecule has 1 atom stereocenters. The first-order valence-corrected chi connectivity index (χ1v) is 6.19. The fourth-order valence-corrected chi connectivity index (χ4v) is 1.62. The highest BCUT2D eigenvalue weighted by atomic mass is 35.5. The Labute approximate surface area is 120 Å². The molecular formula is C14H22ClFN2O. The SMILES string of the molecule is CC(C)C(N)CCN(C)C(=O)c1ccccc1F.Cl. The number of benzene rings is 1. The van der Waals surface area contributed by atoms with Gasteiger partial charge in [-0.15, -0.1) is 12.4 Å². The summed E-state index contributed by atoms with van der Waals surface area (Å²) in [7, 11) is 1.67. The molecule has 1 rings (SSSR count). The molecule has 1 aromatic rings. The number of carbonyl (C=O) groups excluding carboxylic acids is 1.